The summed E-state index contributed by atoms with van der Waals surface area (Å²) in [6, 6.07) is 7.11. The number of ether oxygens (including phenoxy) is 2. The Kier molecular flexibility index (Phi) is 4.84. The van der Waals surface area contributed by atoms with Gasteiger partial charge in [0.1, 0.15) is 0 Å². The van der Waals surface area contributed by atoms with Crippen LogP contribution in [0.5, 0.6) is 11.5 Å². The highest BCUT2D eigenvalue weighted by atomic mass is 16.7. The fourth-order valence-corrected chi connectivity index (χ4v) is 2.34. The van der Waals surface area contributed by atoms with Crippen LogP contribution in [0, 0.1) is 5.92 Å². The molecule has 1 aliphatic heterocycles. The van der Waals surface area contributed by atoms with Crippen LogP contribution in [0.4, 0.5) is 11.4 Å². The maximum Gasteiger partial charge on any atom is 0.257 e. The molecule has 6 heteroatoms. The number of anilines is 2. The summed E-state index contributed by atoms with van der Waals surface area (Å²) >= 11 is 0. The molecular formula is C18H21N3O3. The smallest absolute Gasteiger partial charge is 0.257 e. The lowest BCUT2D eigenvalue weighted by molar-refractivity contribution is 0.102. The van der Waals surface area contributed by atoms with Gasteiger partial charge in [0.25, 0.3) is 5.91 Å². The van der Waals surface area contributed by atoms with Gasteiger partial charge in [-0.15, -0.1) is 0 Å². The molecule has 126 valence electrons. The number of carbonyl (C=O) groups is 1. The van der Waals surface area contributed by atoms with E-state index < -0.39 is 0 Å². The van der Waals surface area contributed by atoms with Crippen molar-refractivity contribution in [3.63, 3.8) is 0 Å². The standard InChI is InChI=1S/C18H21N3O3/c1-12(2)5-6-20-15-7-13(9-19-10-15)18(22)21-14-3-4-16-17(8-14)24-11-23-16/h3-4,7-10,12,20H,5-6,11H2,1-2H3,(H,21,22). The number of nitrogens with one attached hydrogen (secondary N) is 2. The van der Waals surface area contributed by atoms with Crippen LogP contribution in [0.2, 0.25) is 0 Å². The van der Waals surface area contributed by atoms with E-state index in [1.807, 2.05) is 0 Å². The van der Waals surface area contributed by atoms with Gasteiger partial charge in [-0.1, -0.05) is 13.8 Å². The topological polar surface area (TPSA) is 72.5 Å². The van der Waals surface area contributed by atoms with Crippen molar-refractivity contribution in [2.45, 2.75) is 20.3 Å². The summed E-state index contributed by atoms with van der Waals surface area (Å²) in [7, 11) is 0. The van der Waals surface area contributed by atoms with Crippen molar-refractivity contribution >= 4 is 17.3 Å². The molecule has 0 unspecified atom stereocenters. The van der Waals surface area contributed by atoms with Crippen LogP contribution >= 0.6 is 0 Å². The van der Waals surface area contributed by atoms with Gasteiger partial charge in [-0.2, -0.15) is 0 Å². The molecule has 1 amide bonds. The highest BCUT2D eigenvalue weighted by molar-refractivity contribution is 6.04. The molecule has 0 bridgehead atoms. The molecule has 0 aliphatic carbocycles. The molecule has 2 aromatic rings. The van der Waals surface area contributed by atoms with Crippen LogP contribution in [-0.2, 0) is 0 Å². The van der Waals surface area contributed by atoms with Crippen molar-refractivity contribution in [3.05, 3.63) is 42.2 Å². The fraction of sp³-hybridized carbons (Fsp3) is 0.333. The summed E-state index contributed by atoms with van der Waals surface area (Å²) < 4.78 is 10.6. The van der Waals surface area contributed by atoms with Crippen LogP contribution in [0.1, 0.15) is 30.6 Å². The Morgan fingerprint density at radius 3 is 2.83 bits per heavy atom. The second-order valence-electron chi connectivity index (χ2n) is 6.09. The predicted octanol–water partition coefficient (Wildman–Crippen LogP) is 3.52. The van der Waals surface area contributed by atoms with E-state index in [0.717, 1.165) is 18.7 Å². The van der Waals surface area contributed by atoms with Gasteiger partial charge in [0, 0.05) is 30.7 Å². The molecule has 24 heavy (non-hydrogen) atoms. The van der Waals surface area contributed by atoms with Crippen LogP contribution in [-0.4, -0.2) is 24.2 Å². The molecule has 1 aliphatic rings. The van der Waals surface area contributed by atoms with E-state index in [2.05, 4.69) is 29.5 Å². The Labute approximate surface area is 141 Å². The van der Waals surface area contributed by atoms with Gasteiger partial charge in [-0.25, -0.2) is 0 Å². The van der Waals surface area contributed by atoms with Crippen molar-refractivity contribution in [3.8, 4) is 11.5 Å². The zero-order chi connectivity index (χ0) is 16.9. The van der Waals surface area contributed by atoms with E-state index in [0.29, 0.717) is 28.7 Å². The van der Waals surface area contributed by atoms with Crippen molar-refractivity contribution in [1.29, 1.82) is 0 Å². The number of hydrogen-bond donors (Lipinski definition) is 2. The minimum absolute atomic E-state index is 0.209. The van der Waals surface area contributed by atoms with Crippen molar-refractivity contribution < 1.29 is 14.3 Å². The first-order chi connectivity index (χ1) is 11.6. The lowest BCUT2D eigenvalue weighted by Gasteiger charge is -2.10. The SMILES string of the molecule is CC(C)CCNc1cncc(C(=O)Nc2ccc3c(c2)OCO3)c1. The molecule has 0 radical (unpaired) electrons. The van der Waals surface area contributed by atoms with E-state index in [-0.39, 0.29) is 12.7 Å². The maximum atomic E-state index is 12.4. The first-order valence-electron chi connectivity index (χ1n) is 8.02. The zero-order valence-corrected chi connectivity index (χ0v) is 13.8. The molecule has 2 heterocycles. The largest absolute Gasteiger partial charge is 0.454 e. The number of amides is 1. The molecule has 0 saturated carbocycles. The van der Waals surface area contributed by atoms with Gasteiger partial charge in [0.2, 0.25) is 6.79 Å². The Morgan fingerprint density at radius 2 is 2.00 bits per heavy atom. The van der Waals surface area contributed by atoms with Gasteiger partial charge in [0.15, 0.2) is 11.5 Å². The summed E-state index contributed by atoms with van der Waals surface area (Å²) in [4.78, 5) is 16.5. The Bertz CT molecular complexity index is 731. The molecule has 0 fully saturated rings. The normalized spacial score (nSPS) is 12.3. The average molecular weight is 327 g/mol. The van der Waals surface area contributed by atoms with E-state index in [1.165, 1.54) is 0 Å². The summed E-state index contributed by atoms with van der Waals surface area (Å²) in [6.07, 6.45) is 4.33. The van der Waals surface area contributed by atoms with Crippen LogP contribution < -0.4 is 20.1 Å². The summed E-state index contributed by atoms with van der Waals surface area (Å²) in [6.45, 7) is 5.41. The van der Waals surface area contributed by atoms with E-state index >= 15 is 0 Å². The third-order valence-corrected chi connectivity index (χ3v) is 3.68. The number of hydrogen-bond acceptors (Lipinski definition) is 5. The van der Waals surface area contributed by atoms with Crippen LogP contribution in [0.25, 0.3) is 0 Å². The quantitative estimate of drug-likeness (QED) is 0.849. The minimum atomic E-state index is -0.214. The molecule has 0 saturated heterocycles. The fourth-order valence-electron chi connectivity index (χ4n) is 2.34. The zero-order valence-electron chi connectivity index (χ0n) is 13.8. The number of aromatic nitrogens is 1. The minimum Gasteiger partial charge on any atom is -0.454 e. The third kappa shape index (κ3) is 3.95. The van der Waals surface area contributed by atoms with Gasteiger partial charge >= 0.3 is 0 Å². The molecule has 3 rings (SSSR count). The van der Waals surface area contributed by atoms with Gasteiger partial charge in [0.05, 0.1) is 11.3 Å². The van der Waals surface area contributed by atoms with E-state index in [4.69, 9.17) is 9.47 Å². The lowest BCUT2D eigenvalue weighted by atomic mass is 10.1. The second-order valence-corrected chi connectivity index (χ2v) is 6.09. The number of benzene rings is 1. The van der Waals surface area contributed by atoms with Gasteiger partial charge in [-0.05, 0) is 30.5 Å². The molecule has 6 nitrogen and oxygen atoms in total. The number of carbonyl (C=O) groups excluding carboxylic acids is 1. The summed E-state index contributed by atoms with van der Waals surface area (Å²) in [5.74, 6) is 1.73. The Hall–Kier alpha value is -2.76. The number of pyridine rings is 1. The van der Waals surface area contributed by atoms with Crippen molar-refractivity contribution in [2.75, 3.05) is 24.0 Å². The third-order valence-electron chi connectivity index (χ3n) is 3.68. The second kappa shape index (κ2) is 7.21. The number of fused-ring (bicyclic) bond motifs is 1. The molecule has 1 aromatic carbocycles. The van der Waals surface area contributed by atoms with Gasteiger partial charge < -0.3 is 20.1 Å². The first-order valence-corrected chi connectivity index (χ1v) is 8.02. The molecular weight excluding hydrogens is 306 g/mol. The van der Waals surface area contributed by atoms with Crippen molar-refractivity contribution in [2.24, 2.45) is 5.92 Å². The number of nitrogens with zero attached hydrogens (tertiary/aromatic N) is 1. The van der Waals surface area contributed by atoms with Gasteiger partial charge in [-0.3, -0.25) is 9.78 Å². The highest BCUT2D eigenvalue weighted by Gasteiger charge is 2.15. The van der Waals surface area contributed by atoms with Crippen LogP contribution in [0.15, 0.2) is 36.7 Å². The first kappa shape index (κ1) is 16.1. The van der Waals surface area contributed by atoms with E-state index in [9.17, 15) is 4.79 Å². The Balaban J connectivity index is 1.64. The lowest BCUT2D eigenvalue weighted by Crippen LogP contribution is -2.13. The molecule has 1 aromatic heterocycles. The van der Waals surface area contributed by atoms with Crippen molar-refractivity contribution in [1.82, 2.24) is 4.98 Å². The maximum absolute atomic E-state index is 12.4. The average Bonchev–Trinajstić information content (AvgIpc) is 3.02. The Morgan fingerprint density at radius 1 is 1.17 bits per heavy atom. The molecule has 0 atom stereocenters. The highest BCUT2D eigenvalue weighted by Crippen LogP contribution is 2.34. The summed E-state index contributed by atoms with van der Waals surface area (Å²) in [5, 5.41) is 6.14. The monoisotopic (exact) mass is 327 g/mol. The molecule has 2 N–H and O–H groups in total. The number of rotatable bonds is 6. The summed E-state index contributed by atoms with van der Waals surface area (Å²) in [5.41, 5.74) is 2.00. The van der Waals surface area contributed by atoms with E-state index in [1.54, 1.807) is 36.7 Å². The van der Waals surface area contributed by atoms with Crippen LogP contribution in [0.3, 0.4) is 0 Å². The predicted molar refractivity (Wildman–Crippen MR) is 92.7 cm³/mol. The molecule has 0 spiro atoms.